The van der Waals surface area contributed by atoms with Crippen molar-refractivity contribution in [1.82, 2.24) is 29.4 Å². The maximum Gasteiger partial charge on any atom is 0.234 e. The highest BCUT2D eigenvalue weighted by atomic mass is 32.1. The van der Waals surface area contributed by atoms with Crippen LogP contribution < -0.4 is 4.74 Å². The van der Waals surface area contributed by atoms with Gasteiger partial charge in [0.2, 0.25) is 4.96 Å². The van der Waals surface area contributed by atoms with Gasteiger partial charge in [-0.2, -0.15) is 9.61 Å². The first-order valence-electron chi connectivity index (χ1n) is 8.56. The molecule has 5 rings (SSSR count). The second-order valence-electron chi connectivity index (χ2n) is 6.22. The molecule has 0 spiro atoms. The first-order chi connectivity index (χ1) is 13.3. The lowest BCUT2D eigenvalue weighted by atomic mass is 10.2. The minimum absolute atomic E-state index is 0.409. The van der Waals surface area contributed by atoms with Gasteiger partial charge >= 0.3 is 0 Å². The molecule has 3 aromatic heterocycles. The minimum atomic E-state index is 0.409. The summed E-state index contributed by atoms with van der Waals surface area (Å²) in [5.41, 5.74) is 3.13. The summed E-state index contributed by atoms with van der Waals surface area (Å²) in [5.74, 6) is 1.64. The molecule has 0 amide bonds. The molecule has 3 heterocycles. The molecule has 134 valence electrons. The van der Waals surface area contributed by atoms with Crippen LogP contribution in [0.2, 0.25) is 0 Å². The number of benzene rings is 2. The zero-order chi connectivity index (χ0) is 18.2. The van der Waals surface area contributed by atoms with Crippen molar-refractivity contribution >= 4 is 27.3 Å². The first kappa shape index (κ1) is 16.0. The number of para-hydroxylation sites is 3. The van der Waals surface area contributed by atoms with E-state index in [2.05, 4.69) is 24.8 Å². The van der Waals surface area contributed by atoms with Crippen LogP contribution in [0.4, 0.5) is 0 Å². The van der Waals surface area contributed by atoms with E-state index in [0.717, 1.165) is 38.1 Å². The number of imidazole rings is 1. The van der Waals surface area contributed by atoms with E-state index in [4.69, 9.17) is 4.74 Å². The van der Waals surface area contributed by atoms with E-state index in [1.165, 1.54) is 11.3 Å². The third kappa shape index (κ3) is 2.93. The molecule has 0 fully saturated rings. The highest BCUT2D eigenvalue weighted by molar-refractivity contribution is 7.16. The van der Waals surface area contributed by atoms with Gasteiger partial charge in [0.05, 0.1) is 23.9 Å². The Kier molecular flexibility index (Phi) is 3.83. The van der Waals surface area contributed by atoms with Crippen molar-refractivity contribution in [3.8, 4) is 5.75 Å². The SMILES string of the molecule is Cc1ccccc1OCc1nn2c(Cn3cnc4ccccc43)nnc2s1. The number of hydrogen-bond acceptors (Lipinski definition) is 6. The molecule has 27 heavy (non-hydrogen) atoms. The van der Waals surface area contributed by atoms with Gasteiger partial charge in [0.15, 0.2) is 10.8 Å². The average Bonchev–Trinajstić information content (AvgIpc) is 3.37. The van der Waals surface area contributed by atoms with E-state index in [1.807, 2.05) is 61.8 Å². The number of fused-ring (bicyclic) bond motifs is 2. The summed E-state index contributed by atoms with van der Waals surface area (Å²) in [6.45, 7) is 3.00. The third-order valence-corrected chi connectivity index (χ3v) is 5.25. The van der Waals surface area contributed by atoms with E-state index in [1.54, 1.807) is 4.52 Å². The smallest absolute Gasteiger partial charge is 0.234 e. The second-order valence-corrected chi connectivity index (χ2v) is 7.26. The molecule has 0 saturated carbocycles. The Morgan fingerprint density at radius 1 is 1.04 bits per heavy atom. The zero-order valence-corrected chi connectivity index (χ0v) is 15.4. The van der Waals surface area contributed by atoms with Gasteiger partial charge in [0.25, 0.3) is 0 Å². The molecule has 0 unspecified atom stereocenters. The Morgan fingerprint density at radius 3 is 2.81 bits per heavy atom. The minimum Gasteiger partial charge on any atom is -0.486 e. The molecule has 0 saturated heterocycles. The summed E-state index contributed by atoms with van der Waals surface area (Å²) in [6.07, 6.45) is 1.82. The van der Waals surface area contributed by atoms with Crippen LogP contribution in [0.5, 0.6) is 5.75 Å². The molecular weight excluding hydrogens is 360 g/mol. The molecule has 0 aliphatic rings. The number of aromatic nitrogens is 6. The van der Waals surface area contributed by atoms with Crippen LogP contribution in [-0.2, 0) is 13.2 Å². The van der Waals surface area contributed by atoms with Gasteiger partial charge in [0.1, 0.15) is 12.4 Å². The van der Waals surface area contributed by atoms with Crippen LogP contribution in [-0.4, -0.2) is 29.4 Å². The van der Waals surface area contributed by atoms with E-state index in [9.17, 15) is 0 Å². The van der Waals surface area contributed by atoms with Crippen molar-refractivity contribution in [1.29, 1.82) is 0 Å². The lowest BCUT2D eigenvalue weighted by molar-refractivity contribution is 0.302. The lowest BCUT2D eigenvalue weighted by Gasteiger charge is -2.06. The summed E-state index contributed by atoms with van der Waals surface area (Å²) >= 11 is 1.49. The largest absolute Gasteiger partial charge is 0.486 e. The first-order valence-corrected chi connectivity index (χ1v) is 9.38. The Bertz CT molecular complexity index is 1240. The molecule has 0 bridgehead atoms. The maximum absolute atomic E-state index is 5.90. The normalized spacial score (nSPS) is 11.4. The van der Waals surface area contributed by atoms with Crippen molar-refractivity contribution in [2.75, 3.05) is 0 Å². The van der Waals surface area contributed by atoms with Crippen LogP contribution in [0.1, 0.15) is 16.4 Å². The molecule has 7 nitrogen and oxygen atoms in total. The highest BCUT2D eigenvalue weighted by Crippen LogP contribution is 2.21. The van der Waals surface area contributed by atoms with Crippen molar-refractivity contribution in [2.24, 2.45) is 0 Å². The number of ether oxygens (including phenoxy) is 1. The fraction of sp³-hybridized carbons (Fsp3) is 0.158. The summed E-state index contributed by atoms with van der Waals surface area (Å²) in [5, 5.41) is 14.0. The summed E-state index contributed by atoms with van der Waals surface area (Å²) < 4.78 is 9.73. The second kappa shape index (κ2) is 6.48. The van der Waals surface area contributed by atoms with Crippen LogP contribution in [0.25, 0.3) is 16.0 Å². The number of rotatable bonds is 5. The quantitative estimate of drug-likeness (QED) is 0.470. The number of nitrogens with zero attached hydrogens (tertiary/aromatic N) is 6. The molecule has 0 aliphatic heterocycles. The molecule has 0 aliphatic carbocycles. The fourth-order valence-electron chi connectivity index (χ4n) is 3.00. The Balaban J connectivity index is 1.39. The van der Waals surface area contributed by atoms with Crippen molar-refractivity contribution < 1.29 is 4.74 Å². The van der Waals surface area contributed by atoms with Gasteiger partial charge in [-0.3, -0.25) is 0 Å². The van der Waals surface area contributed by atoms with Gasteiger partial charge in [-0.15, -0.1) is 10.2 Å². The van der Waals surface area contributed by atoms with Gasteiger partial charge in [-0.25, -0.2) is 4.98 Å². The van der Waals surface area contributed by atoms with Crippen molar-refractivity contribution in [3.63, 3.8) is 0 Å². The van der Waals surface area contributed by atoms with Crippen LogP contribution in [0, 0.1) is 6.92 Å². The molecule has 2 aromatic carbocycles. The summed E-state index contributed by atoms with van der Waals surface area (Å²) in [6, 6.07) is 16.0. The molecule has 8 heteroatoms. The van der Waals surface area contributed by atoms with Gasteiger partial charge in [-0.05, 0) is 30.7 Å². The molecule has 0 atom stereocenters. The lowest BCUT2D eigenvalue weighted by Crippen LogP contribution is -2.05. The van der Waals surface area contributed by atoms with Crippen LogP contribution >= 0.6 is 11.3 Å². The van der Waals surface area contributed by atoms with E-state index in [-0.39, 0.29) is 0 Å². The topological polar surface area (TPSA) is 70.1 Å². The number of aryl methyl sites for hydroxylation is 1. The maximum atomic E-state index is 5.90. The van der Waals surface area contributed by atoms with Crippen molar-refractivity contribution in [2.45, 2.75) is 20.1 Å². The fourth-order valence-corrected chi connectivity index (χ4v) is 3.77. The summed E-state index contributed by atoms with van der Waals surface area (Å²) in [7, 11) is 0. The van der Waals surface area contributed by atoms with Gasteiger partial charge in [0, 0.05) is 0 Å². The van der Waals surface area contributed by atoms with Crippen LogP contribution in [0.15, 0.2) is 54.9 Å². The molecule has 0 N–H and O–H groups in total. The van der Waals surface area contributed by atoms with E-state index >= 15 is 0 Å². The highest BCUT2D eigenvalue weighted by Gasteiger charge is 2.14. The Morgan fingerprint density at radius 2 is 1.89 bits per heavy atom. The Labute approximate surface area is 158 Å². The van der Waals surface area contributed by atoms with Crippen molar-refractivity contribution in [3.05, 3.63) is 71.3 Å². The molecule has 0 radical (unpaired) electrons. The third-order valence-electron chi connectivity index (χ3n) is 4.38. The monoisotopic (exact) mass is 376 g/mol. The zero-order valence-electron chi connectivity index (χ0n) is 14.6. The molecular formula is C19H16N6OS. The Hall–Kier alpha value is -3.26. The summed E-state index contributed by atoms with van der Waals surface area (Å²) in [4.78, 5) is 5.19. The average molecular weight is 376 g/mol. The van der Waals surface area contributed by atoms with E-state index in [0.29, 0.717) is 13.2 Å². The standard InChI is InChI=1S/C19H16N6OS/c1-13-6-2-5-9-16(13)26-11-18-23-25-17(21-22-19(25)27-18)10-24-12-20-14-7-3-4-8-15(14)24/h2-9,12H,10-11H2,1H3. The predicted molar refractivity (Wildman–Crippen MR) is 103 cm³/mol. The van der Waals surface area contributed by atoms with Gasteiger partial charge in [-0.1, -0.05) is 41.7 Å². The number of hydrogen-bond donors (Lipinski definition) is 0. The van der Waals surface area contributed by atoms with Crippen LogP contribution in [0.3, 0.4) is 0 Å². The van der Waals surface area contributed by atoms with Gasteiger partial charge < -0.3 is 9.30 Å². The van der Waals surface area contributed by atoms with E-state index < -0.39 is 0 Å². The predicted octanol–water partition coefficient (Wildman–Crippen LogP) is 3.47. The molecule has 5 aromatic rings.